The molecule has 2 rings (SSSR count). The van der Waals surface area contributed by atoms with E-state index in [9.17, 15) is 14.7 Å². The molecular weight excluding hydrogens is 268 g/mol. The zero-order valence-corrected chi connectivity index (χ0v) is 12.2. The van der Waals surface area contributed by atoms with Gasteiger partial charge < -0.3 is 9.84 Å². The van der Waals surface area contributed by atoms with Crippen LogP contribution in [0.25, 0.3) is 0 Å². The molecule has 1 N–H and O–H groups in total. The summed E-state index contributed by atoms with van der Waals surface area (Å²) >= 11 is 0. The number of ketones is 1. The predicted octanol–water partition coefficient (Wildman–Crippen LogP) is 2.63. The minimum atomic E-state index is -1.02. The Hall–Kier alpha value is -1.68. The van der Waals surface area contributed by atoms with Gasteiger partial charge >= 0.3 is 5.97 Å². The molecule has 0 aromatic heterocycles. The Morgan fingerprint density at radius 1 is 1.19 bits per heavy atom. The summed E-state index contributed by atoms with van der Waals surface area (Å²) in [6, 6.07) is 9.46. The molecular formula is C17H22O4. The van der Waals surface area contributed by atoms with Gasteiger partial charge in [-0.15, -0.1) is 0 Å². The number of ether oxygens (including phenoxy) is 1. The molecule has 1 fully saturated rings. The van der Waals surface area contributed by atoms with Gasteiger partial charge in [-0.05, 0) is 18.4 Å². The summed E-state index contributed by atoms with van der Waals surface area (Å²) in [4.78, 5) is 23.6. The van der Waals surface area contributed by atoms with Crippen LogP contribution in [0.1, 0.15) is 44.1 Å². The van der Waals surface area contributed by atoms with E-state index < -0.39 is 6.10 Å². The number of Topliss-reactive ketones (excluding diaryl/α,β-unsaturated/α-hetero) is 1. The Bertz CT molecular complexity index is 469. The Morgan fingerprint density at radius 3 is 2.71 bits per heavy atom. The van der Waals surface area contributed by atoms with Crippen LogP contribution < -0.4 is 0 Å². The van der Waals surface area contributed by atoms with E-state index >= 15 is 0 Å². The highest BCUT2D eigenvalue weighted by atomic mass is 16.5. The highest BCUT2D eigenvalue weighted by molar-refractivity contribution is 5.84. The Kier molecular flexibility index (Phi) is 5.93. The Balaban J connectivity index is 1.83. The lowest BCUT2D eigenvalue weighted by Crippen LogP contribution is -2.32. The van der Waals surface area contributed by atoms with Crippen molar-refractivity contribution in [2.75, 3.05) is 0 Å². The maximum Gasteiger partial charge on any atom is 0.306 e. The number of esters is 1. The summed E-state index contributed by atoms with van der Waals surface area (Å²) in [5, 5.41) is 10.0. The third kappa shape index (κ3) is 4.97. The molecule has 4 heteroatoms. The number of carbonyl (C=O) groups excluding carboxylic acids is 2. The molecule has 1 aliphatic rings. The smallest absolute Gasteiger partial charge is 0.306 e. The van der Waals surface area contributed by atoms with Gasteiger partial charge in [0.1, 0.15) is 12.7 Å². The van der Waals surface area contributed by atoms with Gasteiger partial charge in [0, 0.05) is 12.3 Å². The van der Waals surface area contributed by atoms with E-state index in [-0.39, 0.29) is 30.7 Å². The van der Waals surface area contributed by atoms with E-state index in [2.05, 4.69) is 0 Å². The number of benzene rings is 1. The van der Waals surface area contributed by atoms with Gasteiger partial charge in [-0.2, -0.15) is 0 Å². The highest BCUT2D eigenvalue weighted by Gasteiger charge is 2.29. The molecule has 1 aromatic carbocycles. The lowest BCUT2D eigenvalue weighted by molar-refractivity contribution is -0.148. The van der Waals surface area contributed by atoms with E-state index in [0.717, 1.165) is 24.8 Å². The molecule has 1 unspecified atom stereocenters. The first-order chi connectivity index (χ1) is 10.2. The average Bonchev–Trinajstić information content (AvgIpc) is 2.50. The first kappa shape index (κ1) is 15.7. The number of hydrogen-bond donors (Lipinski definition) is 1. The number of rotatable bonds is 4. The molecule has 0 radical (unpaired) electrons. The summed E-state index contributed by atoms with van der Waals surface area (Å²) in [6.07, 6.45) is 2.97. The van der Waals surface area contributed by atoms with Crippen molar-refractivity contribution in [1.82, 2.24) is 0 Å². The average molecular weight is 290 g/mol. The molecule has 0 spiro atoms. The molecule has 1 saturated carbocycles. The van der Waals surface area contributed by atoms with Crippen molar-refractivity contribution in [2.24, 2.45) is 5.92 Å². The number of hydrogen-bond acceptors (Lipinski definition) is 4. The fraction of sp³-hybridized carbons (Fsp3) is 0.529. The van der Waals surface area contributed by atoms with Gasteiger partial charge in [0.25, 0.3) is 0 Å². The van der Waals surface area contributed by atoms with Crippen LogP contribution in [-0.4, -0.2) is 23.0 Å². The highest BCUT2D eigenvalue weighted by Crippen LogP contribution is 2.24. The molecule has 0 heterocycles. The lowest BCUT2D eigenvalue weighted by Gasteiger charge is -2.23. The number of carbonyl (C=O) groups is 2. The monoisotopic (exact) mass is 290 g/mol. The van der Waals surface area contributed by atoms with E-state index in [1.165, 1.54) is 0 Å². The van der Waals surface area contributed by atoms with Gasteiger partial charge in [-0.25, -0.2) is 0 Å². The Labute approximate surface area is 125 Å². The summed E-state index contributed by atoms with van der Waals surface area (Å²) in [6.45, 7) is 0.233. The van der Waals surface area contributed by atoms with E-state index in [4.69, 9.17) is 4.74 Å². The minimum absolute atomic E-state index is 0.111. The van der Waals surface area contributed by atoms with Crippen LogP contribution in [-0.2, 0) is 20.9 Å². The topological polar surface area (TPSA) is 63.6 Å². The van der Waals surface area contributed by atoms with E-state index in [1.54, 1.807) is 0 Å². The van der Waals surface area contributed by atoms with Crippen LogP contribution in [0.3, 0.4) is 0 Å². The maximum atomic E-state index is 11.9. The van der Waals surface area contributed by atoms with Crippen molar-refractivity contribution in [3.8, 4) is 0 Å². The van der Waals surface area contributed by atoms with Crippen LogP contribution in [0.2, 0.25) is 0 Å². The van der Waals surface area contributed by atoms with Gasteiger partial charge in [0.2, 0.25) is 0 Å². The molecule has 21 heavy (non-hydrogen) atoms. The molecule has 114 valence electrons. The standard InChI is InChI=1S/C17H22O4/c18-15-10-6-2-5-9-14(17(15)20)11-16(19)21-12-13-7-3-1-4-8-13/h1,3-4,7-8,14,17,20H,2,5-6,9-12H2/t14-,17?/m1/s1. The SMILES string of the molecule is O=C(C[C@H]1CCCCCC(=O)C1O)OCc1ccccc1. The third-order valence-electron chi connectivity index (χ3n) is 3.95. The third-order valence-corrected chi connectivity index (χ3v) is 3.95. The molecule has 0 saturated heterocycles. The van der Waals surface area contributed by atoms with Crippen molar-refractivity contribution in [3.05, 3.63) is 35.9 Å². The van der Waals surface area contributed by atoms with Crippen LogP contribution in [0.15, 0.2) is 30.3 Å². The van der Waals surface area contributed by atoms with E-state index in [1.807, 2.05) is 30.3 Å². The molecule has 4 nitrogen and oxygen atoms in total. The normalized spacial score (nSPS) is 23.2. The first-order valence-electron chi connectivity index (χ1n) is 7.57. The van der Waals surface area contributed by atoms with Crippen molar-refractivity contribution in [1.29, 1.82) is 0 Å². The Morgan fingerprint density at radius 2 is 1.95 bits per heavy atom. The quantitative estimate of drug-likeness (QED) is 0.866. The van der Waals surface area contributed by atoms with Crippen molar-refractivity contribution in [3.63, 3.8) is 0 Å². The summed E-state index contributed by atoms with van der Waals surface area (Å²) < 4.78 is 5.23. The molecule has 0 amide bonds. The first-order valence-corrected chi connectivity index (χ1v) is 7.57. The molecule has 1 aromatic rings. The zero-order valence-electron chi connectivity index (χ0n) is 12.2. The van der Waals surface area contributed by atoms with Crippen molar-refractivity contribution < 1.29 is 19.4 Å². The maximum absolute atomic E-state index is 11.9. The summed E-state index contributed by atoms with van der Waals surface area (Å²) in [5.41, 5.74) is 0.931. The second-order valence-electron chi connectivity index (χ2n) is 5.62. The summed E-state index contributed by atoms with van der Waals surface area (Å²) in [7, 11) is 0. The molecule has 0 bridgehead atoms. The second kappa shape index (κ2) is 7.93. The van der Waals surface area contributed by atoms with Crippen LogP contribution in [0, 0.1) is 5.92 Å². The largest absolute Gasteiger partial charge is 0.461 e. The van der Waals surface area contributed by atoms with Crippen molar-refractivity contribution in [2.45, 2.75) is 51.2 Å². The van der Waals surface area contributed by atoms with Crippen LogP contribution in [0.4, 0.5) is 0 Å². The molecule has 0 aliphatic heterocycles. The fourth-order valence-corrected chi connectivity index (χ4v) is 2.68. The number of aliphatic hydroxyl groups is 1. The van der Waals surface area contributed by atoms with Crippen molar-refractivity contribution >= 4 is 11.8 Å². The molecule has 2 atom stereocenters. The van der Waals surface area contributed by atoms with Gasteiger partial charge in [0.05, 0.1) is 6.42 Å². The molecule has 1 aliphatic carbocycles. The zero-order chi connectivity index (χ0) is 15.1. The van der Waals surface area contributed by atoms with Crippen LogP contribution >= 0.6 is 0 Å². The second-order valence-corrected chi connectivity index (χ2v) is 5.62. The minimum Gasteiger partial charge on any atom is -0.461 e. The van der Waals surface area contributed by atoms with Gasteiger partial charge in [-0.1, -0.05) is 43.2 Å². The van der Waals surface area contributed by atoms with Gasteiger partial charge in [0.15, 0.2) is 5.78 Å². The summed E-state index contributed by atoms with van der Waals surface area (Å²) in [5.74, 6) is -0.798. The predicted molar refractivity (Wildman–Crippen MR) is 78.4 cm³/mol. The fourth-order valence-electron chi connectivity index (χ4n) is 2.68. The van der Waals surface area contributed by atoms with E-state index in [0.29, 0.717) is 12.8 Å². The number of aliphatic hydroxyl groups excluding tert-OH is 1. The lowest BCUT2D eigenvalue weighted by atomic mass is 9.86. The van der Waals surface area contributed by atoms with Crippen LogP contribution in [0.5, 0.6) is 0 Å². The van der Waals surface area contributed by atoms with Gasteiger partial charge in [-0.3, -0.25) is 9.59 Å².